The third-order valence-corrected chi connectivity index (χ3v) is 9.24. The maximum absolute atomic E-state index is 13.9. The highest BCUT2D eigenvalue weighted by Gasteiger charge is 2.37. The van der Waals surface area contributed by atoms with Crippen molar-refractivity contribution in [2.45, 2.75) is 141 Å². The van der Waals surface area contributed by atoms with Crippen molar-refractivity contribution in [2.75, 3.05) is 9.80 Å². The van der Waals surface area contributed by atoms with Crippen LogP contribution >= 0.6 is 0 Å². The van der Waals surface area contributed by atoms with Gasteiger partial charge in [0, 0.05) is 23.9 Å². The molecule has 0 spiro atoms. The molecule has 7 nitrogen and oxygen atoms in total. The summed E-state index contributed by atoms with van der Waals surface area (Å²) >= 11 is 0. The van der Waals surface area contributed by atoms with Gasteiger partial charge in [-0.25, -0.2) is 9.97 Å². The summed E-state index contributed by atoms with van der Waals surface area (Å²) < 4.78 is 0. The minimum atomic E-state index is 0.0687. The van der Waals surface area contributed by atoms with Crippen LogP contribution in [0.4, 0.5) is 11.9 Å². The molecular weight excluding hydrogens is 450 g/mol. The second-order valence-electron chi connectivity index (χ2n) is 11.8. The Morgan fingerprint density at radius 1 is 0.528 bits per heavy atom. The van der Waals surface area contributed by atoms with Gasteiger partial charge in [0.1, 0.15) is 6.33 Å². The number of nitrogens with zero attached hydrogens (tertiary/aromatic N) is 5. The van der Waals surface area contributed by atoms with Gasteiger partial charge in [-0.2, -0.15) is 4.98 Å². The molecule has 0 saturated heterocycles. The molecule has 5 rings (SSSR count). The molecule has 0 bridgehead atoms. The molecule has 0 aromatic carbocycles. The van der Waals surface area contributed by atoms with Crippen LogP contribution in [-0.4, -0.2) is 38.8 Å². The molecule has 1 heterocycles. The first kappa shape index (κ1) is 25.6. The first-order valence-corrected chi connectivity index (χ1v) is 15.1. The summed E-state index contributed by atoms with van der Waals surface area (Å²) in [7, 11) is 0. The van der Waals surface area contributed by atoms with Gasteiger partial charge in [-0.15, -0.1) is 0 Å². The van der Waals surface area contributed by atoms with Crippen LogP contribution in [0, 0.1) is 11.8 Å². The van der Waals surface area contributed by atoms with Crippen molar-refractivity contribution < 1.29 is 9.59 Å². The molecule has 0 aliphatic heterocycles. The third kappa shape index (κ3) is 5.91. The van der Waals surface area contributed by atoms with E-state index >= 15 is 0 Å². The van der Waals surface area contributed by atoms with E-state index in [1.54, 1.807) is 6.33 Å². The van der Waals surface area contributed by atoms with Gasteiger partial charge in [-0.3, -0.25) is 19.4 Å². The Morgan fingerprint density at radius 3 is 1.22 bits per heavy atom. The normalized spacial score (nSPS) is 23.3. The van der Waals surface area contributed by atoms with E-state index < -0.39 is 0 Å². The molecule has 4 saturated carbocycles. The standard InChI is InChI=1S/C29H45N5O2/c35-26(22-13-5-1-6-14-22)33(24-17-9-3-10-18-24)28-30-21-31-29(32-28)34(25-19-11-4-12-20-25)27(36)23-15-7-2-8-16-23/h21-25H,1-20H2. The summed E-state index contributed by atoms with van der Waals surface area (Å²) in [6, 6.07) is 0.307. The summed E-state index contributed by atoms with van der Waals surface area (Å²) in [6.07, 6.45) is 23.4. The lowest BCUT2D eigenvalue weighted by molar-refractivity contribution is -0.124. The first-order chi connectivity index (χ1) is 17.7. The molecule has 0 N–H and O–H groups in total. The SMILES string of the molecule is O=C(C1CCCCC1)N(c1ncnc(N(C(=O)C2CCCCC2)C2CCCCC2)n1)C1CCCCC1. The number of hydrogen-bond acceptors (Lipinski definition) is 5. The first-order valence-electron chi connectivity index (χ1n) is 15.1. The van der Waals surface area contributed by atoms with E-state index in [1.165, 1.54) is 25.7 Å². The fourth-order valence-corrected chi connectivity index (χ4v) is 7.17. The number of carbonyl (C=O) groups excluding carboxylic acids is 2. The van der Waals surface area contributed by atoms with Crippen molar-refractivity contribution in [1.82, 2.24) is 15.0 Å². The smallest absolute Gasteiger partial charge is 0.237 e. The van der Waals surface area contributed by atoms with Crippen LogP contribution in [0.15, 0.2) is 6.33 Å². The summed E-state index contributed by atoms with van der Waals surface area (Å²) in [5.41, 5.74) is 0. The molecule has 4 aliphatic carbocycles. The van der Waals surface area contributed by atoms with Gasteiger partial charge in [0.05, 0.1) is 0 Å². The number of aromatic nitrogens is 3. The predicted molar refractivity (Wildman–Crippen MR) is 142 cm³/mol. The Labute approximate surface area is 216 Å². The predicted octanol–water partition coefficient (Wildman–Crippen LogP) is 6.36. The minimum Gasteiger partial charge on any atom is -0.277 e. The molecular formula is C29H45N5O2. The van der Waals surface area contributed by atoms with Crippen LogP contribution in [0.3, 0.4) is 0 Å². The van der Waals surface area contributed by atoms with Crippen LogP contribution in [0.2, 0.25) is 0 Å². The Kier molecular flexibility index (Phi) is 8.86. The monoisotopic (exact) mass is 495 g/mol. The Morgan fingerprint density at radius 2 is 0.861 bits per heavy atom. The fourth-order valence-electron chi connectivity index (χ4n) is 7.17. The number of amides is 2. The maximum atomic E-state index is 13.9. The summed E-state index contributed by atoms with van der Waals surface area (Å²) in [5.74, 6) is 1.47. The quantitative estimate of drug-likeness (QED) is 0.458. The van der Waals surface area contributed by atoms with E-state index in [0.717, 1.165) is 103 Å². The second-order valence-corrected chi connectivity index (χ2v) is 11.8. The Hall–Kier alpha value is -2.05. The molecule has 7 heteroatoms. The van der Waals surface area contributed by atoms with E-state index in [4.69, 9.17) is 4.98 Å². The topological polar surface area (TPSA) is 79.3 Å². The van der Waals surface area contributed by atoms with Crippen molar-refractivity contribution in [3.8, 4) is 0 Å². The largest absolute Gasteiger partial charge is 0.277 e. The number of rotatable bonds is 6. The van der Waals surface area contributed by atoms with E-state index in [-0.39, 0.29) is 35.7 Å². The number of carbonyl (C=O) groups is 2. The summed E-state index contributed by atoms with van der Waals surface area (Å²) in [6.45, 7) is 0. The average Bonchev–Trinajstić information content (AvgIpc) is 2.96. The lowest BCUT2D eigenvalue weighted by Gasteiger charge is -2.37. The molecule has 2 amide bonds. The number of anilines is 2. The average molecular weight is 496 g/mol. The van der Waals surface area contributed by atoms with Crippen molar-refractivity contribution in [2.24, 2.45) is 11.8 Å². The molecule has 1 aromatic rings. The van der Waals surface area contributed by atoms with Crippen molar-refractivity contribution in [1.29, 1.82) is 0 Å². The summed E-state index contributed by atoms with van der Waals surface area (Å²) in [4.78, 5) is 45.8. The number of hydrogen-bond donors (Lipinski definition) is 0. The molecule has 4 fully saturated rings. The van der Waals surface area contributed by atoms with Gasteiger partial charge in [0.25, 0.3) is 0 Å². The molecule has 1 aromatic heterocycles. The van der Waals surface area contributed by atoms with Crippen LogP contribution in [0.1, 0.15) is 128 Å². The van der Waals surface area contributed by atoms with Gasteiger partial charge < -0.3 is 0 Å². The Bertz CT molecular complexity index is 801. The molecule has 0 atom stereocenters. The van der Waals surface area contributed by atoms with Crippen molar-refractivity contribution in [3.63, 3.8) is 0 Å². The molecule has 4 aliphatic rings. The Balaban J connectivity index is 1.46. The zero-order valence-electron chi connectivity index (χ0n) is 22.1. The van der Waals surface area contributed by atoms with Crippen LogP contribution in [0.5, 0.6) is 0 Å². The van der Waals surface area contributed by atoms with Crippen LogP contribution < -0.4 is 9.80 Å². The van der Waals surface area contributed by atoms with Crippen LogP contribution in [0.25, 0.3) is 0 Å². The van der Waals surface area contributed by atoms with Crippen LogP contribution in [-0.2, 0) is 9.59 Å². The van der Waals surface area contributed by atoms with E-state index in [2.05, 4.69) is 9.97 Å². The van der Waals surface area contributed by atoms with Crippen molar-refractivity contribution in [3.05, 3.63) is 6.33 Å². The van der Waals surface area contributed by atoms with Crippen molar-refractivity contribution >= 4 is 23.7 Å². The van der Waals surface area contributed by atoms with Gasteiger partial charge in [0.2, 0.25) is 23.7 Å². The van der Waals surface area contributed by atoms with E-state index in [0.29, 0.717) is 11.9 Å². The summed E-state index contributed by atoms with van der Waals surface area (Å²) in [5, 5.41) is 0. The van der Waals surface area contributed by atoms with Gasteiger partial charge in [0.15, 0.2) is 0 Å². The molecule has 0 unspecified atom stereocenters. The highest BCUT2D eigenvalue weighted by atomic mass is 16.2. The molecule has 36 heavy (non-hydrogen) atoms. The highest BCUT2D eigenvalue weighted by Crippen LogP contribution is 2.34. The lowest BCUT2D eigenvalue weighted by Crippen LogP contribution is -2.48. The zero-order valence-corrected chi connectivity index (χ0v) is 22.1. The fraction of sp³-hybridized carbons (Fsp3) is 0.828. The zero-order chi connectivity index (χ0) is 24.7. The van der Waals surface area contributed by atoms with Gasteiger partial charge in [-0.05, 0) is 51.4 Å². The lowest BCUT2D eigenvalue weighted by atomic mass is 9.86. The minimum absolute atomic E-state index is 0.0687. The molecule has 198 valence electrons. The third-order valence-electron chi connectivity index (χ3n) is 9.24. The van der Waals surface area contributed by atoms with E-state index in [9.17, 15) is 9.59 Å². The maximum Gasteiger partial charge on any atom is 0.237 e. The van der Waals surface area contributed by atoms with Gasteiger partial charge >= 0.3 is 0 Å². The van der Waals surface area contributed by atoms with E-state index in [1.807, 2.05) is 9.80 Å². The highest BCUT2D eigenvalue weighted by molar-refractivity contribution is 5.96. The second kappa shape index (κ2) is 12.5. The van der Waals surface area contributed by atoms with Gasteiger partial charge in [-0.1, -0.05) is 77.0 Å². The molecule has 0 radical (unpaired) electrons.